The molecule has 1 fully saturated rings. The third kappa shape index (κ3) is 8.02. The number of aryl methyl sites for hydroxylation is 1. The summed E-state index contributed by atoms with van der Waals surface area (Å²) in [7, 11) is 3.22. The number of carbonyl (C=O) groups is 1. The van der Waals surface area contributed by atoms with Crippen molar-refractivity contribution in [3.63, 3.8) is 0 Å². The standard InChI is InChI=1S/C25H36F3N5O2/c1-6-7-8-20(25(26,27)28)24(30-5)32-18(3)31-21-11-9-19(23(29-4)17(21)2)10-12-22(34)33-13-15-35-16-14-33/h7-9,11,29-30H,6,10,12-16H2,1-5H3,(H,31,32)/b8-7+,24-20+. The number of benzene rings is 1. The van der Waals surface area contributed by atoms with Gasteiger partial charge in [0.15, 0.2) is 0 Å². The smallest absolute Gasteiger partial charge is 0.388 e. The zero-order valence-electron chi connectivity index (χ0n) is 21.1. The third-order valence-electron chi connectivity index (χ3n) is 5.69. The Morgan fingerprint density at radius 1 is 1.23 bits per heavy atom. The van der Waals surface area contributed by atoms with Gasteiger partial charge in [0.25, 0.3) is 0 Å². The Morgan fingerprint density at radius 3 is 2.49 bits per heavy atom. The lowest BCUT2D eigenvalue weighted by Gasteiger charge is -2.27. The first-order valence-corrected chi connectivity index (χ1v) is 11.8. The van der Waals surface area contributed by atoms with Gasteiger partial charge < -0.3 is 25.6 Å². The van der Waals surface area contributed by atoms with Gasteiger partial charge in [0.05, 0.1) is 18.8 Å². The number of nitrogens with one attached hydrogen (secondary N) is 3. The first-order chi connectivity index (χ1) is 16.6. The largest absolute Gasteiger partial charge is 0.419 e. The van der Waals surface area contributed by atoms with Crippen molar-refractivity contribution in [1.29, 1.82) is 0 Å². The van der Waals surface area contributed by atoms with Gasteiger partial charge in [-0.25, -0.2) is 4.99 Å². The van der Waals surface area contributed by atoms with Crippen LogP contribution in [0.25, 0.3) is 0 Å². The molecule has 1 heterocycles. The maximum atomic E-state index is 13.5. The van der Waals surface area contributed by atoms with E-state index < -0.39 is 11.7 Å². The fourth-order valence-corrected chi connectivity index (χ4v) is 3.86. The molecule has 0 aromatic heterocycles. The number of amides is 1. The van der Waals surface area contributed by atoms with E-state index in [2.05, 4.69) is 20.9 Å². The van der Waals surface area contributed by atoms with E-state index in [1.54, 1.807) is 20.9 Å². The van der Waals surface area contributed by atoms with Gasteiger partial charge >= 0.3 is 6.18 Å². The van der Waals surface area contributed by atoms with Crippen LogP contribution in [0.1, 0.15) is 37.8 Å². The van der Waals surface area contributed by atoms with Gasteiger partial charge in [0.1, 0.15) is 11.7 Å². The SMILES string of the molecule is CC/C=C/C(=C(\N=C(/C)Nc1ccc(CCC(=O)N2CCOCC2)c(NC)c1C)NC)C(F)(F)F. The summed E-state index contributed by atoms with van der Waals surface area (Å²) in [6, 6.07) is 3.77. The second-order valence-electron chi connectivity index (χ2n) is 8.16. The molecular weight excluding hydrogens is 459 g/mol. The number of allylic oxidation sites excluding steroid dienone is 3. The molecule has 3 N–H and O–H groups in total. The molecule has 2 rings (SSSR count). The van der Waals surface area contributed by atoms with Gasteiger partial charge in [-0.2, -0.15) is 13.2 Å². The summed E-state index contributed by atoms with van der Waals surface area (Å²) in [6.07, 6.45) is -0.601. The second kappa shape index (κ2) is 13.2. The number of aliphatic imine (C=N–C) groups is 1. The van der Waals surface area contributed by atoms with Gasteiger partial charge in [-0.1, -0.05) is 25.1 Å². The molecule has 0 bridgehead atoms. The first kappa shape index (κ1) is 28.2. The van der Waals surface area contributed by atoms with Crippen molar-refractivity contribution < 1.29 is 22.7 Å². The van der Waals surface area contributed by atoms with Crippen molar-refractivity contribution in [2.75, 3.05) is 51.0 Å². The van der Waals surface area contributed by atoms with Gasteiger partial charge in [-0.3, -0.25) is 4.79 Å². The molecule has 1 aliphatic heterocycles. The summed E-state index contributed by atoms with van der Waals surface area (Å²) in [6.45, 7) is 7.66. The average molecular weight is 496 g/mol. The normalized spacial score (nSPS) is 15.8. The highest BCUT2D eigenvalue weighted by Crippen LogP contribution is 2.31. The molecule has 1 aromatic carbocycles. The quantitative estimate of drug-likeness (QED) is 0.265. The summed E-state index contributed by atoms with van der Waals surface area (Å²) < 4.78 is 45.9. The van der Waals surface area contributed by atoms with Crippen LogP contribution in [0.3, 0.4) is 0 Å². The molecule has 0 saturated carbocycles. The Balaban J connectivity index is 2.23. The molecular formula is C25H36F3N5O2. The molecule has 0 unspecified atom stereocenters. The van der Waals surface area contributed by atoms with E-state index >= 15 is 0 Å². The van der Waals surface area contributed by atoms with Crippen LogP contribution in [0.5, 0.6) is 0 Å². The Labute approximate surface area is 205 Å². The minimum absolute atomic E-state index is 0.0992. The van der Waals surface area contributed by atoms with Crippen LogP contribution >= 0.6 is 0 Å². The molecule has 1 amide bonds. The number of ether oxygens (including phenoxy) is 1. The zero-order chi connectivity index (χ0) is 26.0. The highest BCUT2D eigenvalue weighted by atomic mass is 19.4. The van der Waals surface area contributed by atoms with E-state index in [-0.39, 0.29) is 11.7 Å². The Morgan fingerprint density at radius 2 is 1.91 bits per heavy atom. The lowest BCUT2D eigenvalue weighted by Crippen LogP contribution is -2.40. The van der Waals surface area contributed by atoms with Gasteiger partial charge in [0, 0.05) is 45.0 Å². The molecule has 1 aliphatic rings. The molecule has 0 atom stereocenters. The summed E-state index contributed by atoms with van der Waals surface area (Å²) in [5.74, 6) is 0.139. The number of carbonyl (C=O) groups excluding carboxylic acids is 1. The number of hydrogen-bond acceptors (Lipinski definition) is 5. The van der Waals surface area contributed by atoms with Crippen molar-refractivity contribution in [3.05, 3.63) is 46.8 Å². The van der Waals surface area contributed by atoms with Crippen LogP contribution in [-0.2, 0) is 16.0 Å². The summed E-state index contributed by atoms with van der Waals surface area (Å²) >= 11 is 0. The third-order valence-corrected chi connectivity index (χ3v) is 5.69. The number of rotatable bonds is 9. The average Bonchev–Trinajstić information content (AvgIpc) is 2.83. The van der Waals surface area contributed by atoms with Crippen LogP contribution in [0.15, 0.2) is 40.7 Å². The molecule has 35 heavy (non-hydrogen) atoms. The fourth-order valence-electron chi connectivity index (χ4n) is 3.86. The lowest BCUT2D eigenvalue weighted by atomic mass is 10.0. The van der Waals surface area contributed by atoms with Crippen LogP contribution in [0, 0.1) is 6.92 Å². The number of anilines is 2. The lowest BCUT2D eigenvalue weighted by molar-refractivity contribution is -0.135. The number of morpholine rings is 1. The molecule has 0 aliphatic carbocycles. The van der Waals surface area contributed by atoms with Crippen molar-refractivity contribution in [2.45, 2.75) is 46.2 Å². The maximum absolute atomic E-state index is 13.5. The van der Waals surface area contributed by atoms with Crippen LogP contribution in [0.4, 0.5) is 24.5 Å². The minimum Gasteiger partial charge on any atom is -0.388 e. The predicted octanol–water partition coefficient (Wildman–Crippen LogP) is 4.62. The van der Waals surface area contributed by atoms with E-state index in [0.29, 0.717) is 57.1 Å². The van der Waals surface area contributed by atoms with Gasteiger partial charge in [-0.05, 0) is 43.9 Å². The van der Waals surface area contributed by atoms with E-state index in [4.69, 9.17) is 4.74 Å². The van der Waals surface area contributed by atoms with Gasteiger partial charge in [-0.15, -0.1) is 0 Å². The molecule has 1 aromatic rings. The van der Waals surface area contributed by atoms with E-state index in [1.165, 1.54) is 13.1 Å². The molecule has 194 valence electrons. The Bertz CT molecular complexity index is 965. The number of nitrogens with zero attached hydrogens (tertiary/aromatic N) is 2. The Kier molecular flexibility index (Phi) is 10.6. The first-order valence-electron chi connectivity index (χ1n) is 11.8. The molecule has 1 saturated heterocycles. The van der Waals surface area contributed by atoms with E-state index in [0.717, 1.165) is 22.9 Å². The Hall–Kier alpha value is -3.01. The second-order valence-corrected chi connectivity index (χ2v) is 8.16. The van der Waals surface area contributed by atoms with Crippen molar-refractivity contribution in [2.24, 2.45) is 4.99 Å². The summed E-state index contributed by atoms with van der Waals surface area (Å²) in [4.78, 5) is 18.5. The van der Waals surface area contributed by atoms with Crippen LogP contribution < -0.4 is 16.0 Å². The zero-order valence-corrected chi connectivity index (χ0v) is 21.1. The van der Waals surface area contributed by atoms with Gasteiger partial charge in [0.2, 0.25) is 5.91 Å². The van der Waals surface area contributed by atoms with E-state index in [1.807, 2.05) is 24.0 Å². The summed E-state index contributed by atoms with van der Waals surface area (Å²) in [5, 5.41) is 8.86. The number of alkyl halides is 3. The van der Waals surface area contributed by atoms with Crippen molar-refractivity contribution >= 4 is 23.1 Å². The fraction of sp³-hybridized carbons (Fsp3) is 0.520. The molecule has 10 heteroatoms. The predicted molar refractivity (Wildman–Crippen MR) is 135 cm³/mol. The topological polar surface area (TPSA) is 78.0 Å². The van der Waals surface area contributed by atoms with Crippen molar-refractivity contribution in [3.8, 4) is 0 Å². The molecule has 0 spiro atoms. The van der Waals surface area contributed by atoms with Crippen molar-refractivity contribution in [1.82, 2.24) is 10.2 Å². The monoisotopic (exact) mass is 495 g/mol. The highest BCUT2D eigenvalue weighted by molar-refractivity contribution is 5.95. The number of halogens is 3. The van der Waals surface area contributed by atoms with Crippen LogP contribution in [-0.4, -0.2) is 63.2 Å². The highest BCUT2D eigenvalue weighted by Gasteiger charge is 2.35. The minimum atomic E-state index is -4.54. The molecule has 7 nitrogen and oxygen atoms in total. The molecule has 0 radical (unpaired) electrons. The number of hydrogen-bond donors (Lipinski definition) is 3. The van der Waals surface area contributed by atoms with E-state index in [9.17, 15) is 18.0 Å². The van der Waals surface area contributed by atoms with Crippen LogP contribution in [0.2, 0.25) is 0 Å². The summed E-state index contributed by atoms with van der Waals surface area (Å²) in [5.41, 5.74) is 2.63. The maximum Gasteiger partial charge on any atom is 0.419 e. The number of amidine groups is 1.